The maximum absolute atomic E-state index is 13.3. The highest BCUT2D eigenvalue weighted by Gasteiger charge is 2.44. The van der Waals surface area contributed by atoms with E-state index < -0.39 is 0 Å². The topological polar surface area (TPSA) is 49.4 Å². The number of halogens is 1. The van der Waals surface area contributed by atoms with Gasteiger partial charge >= 0.3 is 0 Å². The van der Waals surface area contributed by atoms with E-state index in [-0.39, 0.29) is 23.0 Å². The number of nitrogens with zero attached hydrogens (tertiary/aromatic N) is 1. The molecule has 1 atom stereocenters. The van der Waals surface area contributed by atoms with E-state index in [9.17, 15) is 9.59 Å². The molecule has 1 saturated heterocycles. The van der Waals surface area contributed by atoms with Crippen LogP contribution in [0.2, 0.25) is 5.02 Å². The van der Waals surface area contributed by atoms with Crippen LogP contribution in [0.3, 0.4) is 0 Å². The largest absolute Gasteiger partial charge is 0.351 e. The van der Waals surface area contributed by atoms with Crippen molar-refractivity contribution in [1.29, 1.82) is 0 Å². The van der Waals surface area contributed by atoms with Crippen molar-refractivity contribution in [2.45, 2.75) is 56.3 Å². The average Bonchev–Trinajstić information content (AvgIpc) is 3.77. The molecule has 4 nitrogen and oxygen atoms in total. The van der Waals surface area contributed by atoms with Crippen LogP contribution in [0.1, 0.15) is 81.8 Å². The van der Waals surface area contributed by atoms with Crippen molar-refractivity contribution in [3.05, 3.63) is 106 Å². The first kappa shape index (κ1) is 26.3. The van der Waals surface area contributed by atoms with E-state index in [1.165, 1.54) is 24.0 Å². The number of ketones is 1. The summed E-state index contributed by atoms with van der Waals surface area (Å²) in [5.41, 5.74) is 5.19. The molecule has 3 aliphatic rings. The lowest BCUT2D eigenvalue weighted by atomic mass is 9.80. The van der Waals surface area contributed by atoms with Gasteiger partial charge in [-0.3, -0.25) is 9.59 Å². The van der Waals surface area contributed by atoms with Crippen LogP contribution in [0.5, 0.6) is 0 Å². The lowest BCUT2D eigenvalue weighted by Crippen LogP contribution is -2.36. The van der Waals surface area contributed by atoms with Crippen LogP contribution in [0.15, 0.2) is 72.8 Å². The normalized spacial score (nSPS) is 20.8. The summed E-state index contributed by atoms with van der Waals surface area (Å²) in [5, 5.41) is 3.88. The summed E-state index contributed by atoms with van der Waals surface area (Å²) in [4.78, 5) is 28.9. The predicted octanol–water partition coefficient (Wildman–Crippen LogP) is 6.82. The molecule has 1 aliphatic heterocycles. The molecule has 1 amide bonds. The molecule has 2 aliphatic carbocycles. The minimum absolute atomic E-state index is 0.0223. The Bertz CT molecular complexity index is 1330. The summed E-state index contributed by atoms with van der Waals surface area (Å²) in [7, 11) is 0. The van der Waals surface area contributed by atoms with E-state index in [1.807, 2.05) is 30.3 Å². The minimum Gasteiger partial charge on any atom is -0.351 e. The number of piperidine rings is 1. The van der Waals surface area contributed by atoms with Gasteiger partial charge in [-0.15, -0.1) is 0 Å². The van der Waals surface area contributed by atoms with Crippen molar-refractivity contribution in [2.24, 2.45) is 5.92 Å². The summed E-state index contributed by atoms with van der Waals surface area (Å²) < 4.78 is 0. The van der Waals surface area contributed by atoms with Crippen LogP contribution in [-0.4, -0.2) is 42.8 Å². The van der Waals surface area contributed by atoms with Gasteiger partial charge in [0.25, 0.3) is 5.91 Å². The molecular formula is C34H37ClN2O2. The van der Waals surface area contributed by atoms with Crippen molar-refractivity contribution in [2.75, 3.05) is 26.2 Å². The lowest BCUT2D eigenvalue weighted by molar-refractivity contribution is 0.0875. The molecule has 0 aromatic heterocycles. The molecule has 0 spiro atoms. The molecule has 1 saturated carbocycles. The summed E-state index contributed by atoms with van der Waals surface area (Å²) in [6, 6.07) is 24.5. The molecule has 202 valence electrons. The van der Waals surface area contributed by atoms with Gasteiger partial charge in [-0.2, -0.15) is 0 Å². The summed E-state index contributed by atoms with van der Waals surface area (Å²) in [6.07, 6.45) is 7.17. The molecule has 0 bridgehead atoms. The molecule has 39 heavy (non-hydrogen) atoms. The van der Waals surface area contributed by atoms with Crippen LogP contribution in [0, 0.1) is 5.92 Å². The Morgan fingerprint density at radius 3 is 2.41 bits per heavy atom. The molecule has 0 radical (unpaired) electrons. The van der Waals surface area contributed by atoms with Crippen LogP contribution < -0.4 is 5.32 Å². The van der Waals surface area contributed by atoms with Gasteiger partial charge in [-0.1, -0.05) is 60.1 Å². The van der Waals surface area contributed by atoms with E-state index in [4.69, 9.17) is 11.6 Å². The second-order valence-corrected chi connectivity index (χ2v) is 12.2. The third-order valence-corrected chi connectivity index (χ3v) is 9.57. The molecule has 5 heteroatoms. The van der Waals surface area contributed by atoms with Gasteiger partial charge < -0.3 is 10.2 Å². The zero-order chi connectivity index (χ0) is 26.8. The third kappa shape index (κ3) is 5.83. The number of fused-ring (bicyclic) bond motifs is 1. The number of aryl methyl sites for hydroxylation is 1. The van der Waals surface area contributed by atoms with E-state index in [1.54, 1.807) is 0 Å². The van der Waals surface area contributed by atoms with Crippen LogP contribution in [0.25, 0.3) is 0 Å². The molecule has 1 heterocycles. The number of amides is 1. The highest BCUT2D eigenvalue weighted by Crippen LogP contribution is 2.47. The maximum Gasteiger partial charge on any atom is 0.251 e. The van der Waals surface area contributed by atoms with Gasteiger partial charge in [0.05, 0.1) is 0 Å². The van der Waals surface area contributed by atoms with Crippen molar-refractivity contribution in [3.8, 4) is 0 Å². The number of likely N-dealkylation sites (tertiary alicyclic amines) is 1. The van der Waals surface area contributed by atoms with Crippen LogP contribution in [0.4, 0.5) is 0 Å². The molecule has 1 N–H and O–H groups in total. The van der Waals surface area contributed by atoms with E-state index in [2.05, 4.69) is 52.7 Å². The number of benzene rings is 3. The highest BCUT2D eigenvalue weighted by atomic mass is 35.5. The van der Waals surface area contributed by atoms with Crippen molar-refractivity contribution in [3.63, 3.8) is 0 Å². The number of carbonyl (C=O) groups is 2. The first-order valence-electron chi connectivity index (χ1n) is 14.5. The minimum atomic E-state index is -0.0634. The number of hydrogen-bond donors (Lipinski definition) is 1. The second-order valence-electron chi connectivity index (χ2n) is 11.8. The van der Waals surface area contributed by atoms with E-state index in [0.29, 0.717) is 18.0 Å². The van der Waals surface area contributed by atoms with Crippen molar-refractivity contribution >= 4 is 23.3 Å². The Labute approximate surface area is 236 Å². The number of rotatable bonds is 8. The Hall–Kier alpha value is -2.95. The standard InChI is InChI=1S/C34H37ClN2O2/c35-30-11-9-29(10-12-30)34(17-18-34)23-36-33(39)28-8-13-31-27(22-28)7-6-26(32(31)38)16-21-37-19-14-25(15-20-37)24-4-2-1-3-5-24/h1-5,8-13,22,25-26H,6-7,14-21,23H2,(H,36,39). The van der Waals surface area contributed by atoms with Gasteiger partial charge in [0.15, 0.2) is 5.78 Å². The summed E-state index contributed by atoms with van der Waals surface area (Å²) >= 11 is 6.05. The number of nitrogens with one attached hydrogen (secondary N) is 1. The predicted molar refractivity (Wildman–Crippen MR) is 157 cm³/mol. The fraction of sp³-hybridized carbons (Fsp3) is 0.412. The Kier molecular flexibility index (Phi) is 7.59. The molecule has 3 aromatic carbocycles. The van der Waals surface area contributed by atoms with Crippen molar-refractivity contribution in [1.82, 2.24) is 10.2 Å². The molecule has 1 unspecified atom stereocenters. The zero-order valence-corrected chi connectivity index (χ0v) is 23.3. The van der Waals surface area contributed by atoms with Crippen molar-refractivity contribution < 1.29 is 9.59 Å². The van der Waals surface area contributed by atoms with Crippen LogP contribution in [-0.2, 0) is 11.8 Å². The summed E-state index contributed by atoms with van der Waals surface area (Å²) in [6.45, 7) is 3.82. The zero-order valence-electron chi connectivity index (χ0n) is 22.5. The summed E-state index contributed by atoms with van der Waals surface area (Å²) in [5.74, 6) is 0.927. The lowest BCUT2D eigenvalue weighted by Gasteiger charge is -2.33. The second kappa shape index (κ2) is 11.3. The fourth-order valence-corrected chi connectivity index (χ4v) is 6.69. The number of hydrogen-bond acceptors (Lipinski definition) is 3. The van der Waals surface area contributed by atoms with Gasteiger partial charge in [-0.25, -0.2) is 0 Å². The average molecular weight is 541 g/mol. The van der Waals surface area contributed by atoms with Gasteiger partial charge in [0.1, 0.15) is 0 Å². The monoisotopic (exact) mass is 540 g/mol. The Morgan fingerprint density at radius 2 is 1.69 bits per heavy atom. The first-order valence-corrected chi connectivity index (χ1v) is 14.9. The number of Topliss-reactive ketones (excluding diaryl/α,β-unsaturated/α-hetero) is 1. The smallest absolute Gasteiger partial charge is 0.251 e. The maximum atomic E-state index is 13.3. The number of carbonyl (C=O) groups excluding carboxylic acids is 2. The SMILES string of the molecule is O=C(NCC1(c2ccc(Cl)cc2)CC1)c1ccc2c(c1)CCC(CCN1CCC(c3ccccc3)CC1)C2=O. The van der Waals surface area contributed by atoms with Crippen LogP contribution >= 0.6 is 11.6 Å². The van der Waals surface area contributed by atoms with E-state index in [0.717, 1.165) is 67.9 Å². The Balaban J connectivity index is 1.00. The fourth-order valence-electron chi connectivity index (χ4n) is 6.57. The molecule has 2 fully saturated rings. The Morgan fingerprint density at radius 1 is 0.949 bits per heavy atom. The van der Waals surface area contributed by atoms with Gasteiger partial charge in [0, 0.05) is 34.0 Å². The molecular weight excluding hydrogens is 504 g/mol. The third-order valence-electron chi connectivity index (χ3n) is 9.32. The quantitative estimate of drug-likeness (QED) is 0.341. The first-order chi connectivity index (χ1) is 19.0. The van der Waals surface area contributed by atoms with E-state index >= 15 is 0 Å². The highest BCUT2D eigenvalue weighted by molar-refractivity contribution is 6.30. The molecule has 3 aromatic rings. The van der Waals surface area contributed by atoms with Gasteiger partial charge in [-0.05, 0) is 111 Å². The molecule has 6 rings (SSSR count). The van der Waals surface area contributed by atoms with Gasteiger partial charge in [0.2, 0.25) is 0 Å².